The lowest BCUT2D eigenvalue weighted by molar-refractivity contribution is 0.193. The molecular formula is C17H22N4. The van der Waals surface area contributed by atoms with Crippen LogP contribution in [-0.4, -0.2) is 39.6 Å². The second kappa shape index (κ2) is 4.67. The maximum Gasteiger partial charge on any atom is 0.158 e. The molecule has 2 aliphatic rings. The highest BCUT2D eigenvalue weighted by Crippen LogP contribution is 2.62. The average Bonchev–Trinajstić information content (AvgIpc) is 2.95. The Labute approximate surface area is 125 Å². The van der Waals surface area contributed by atoms with E-state index in [4.69, 9.17) is 0 Å². The molecule has 0 aromatic carbocycles. The lowest BCUT2D eigenvalue weighted by atomic mass is 9.93. The molecule has 4 rings (SSSR count). The Morgan fingerprint density at radius 3 is 2.81 bits per heavy atom. The van der Waals surface area contributed by atoms with Gasteiger partial charge in [0.2, 0.25) is 0 Å². The van der Waals surface area contributed by atoms with Crippen LogP contribution >= 0.6 is 0 Å². The van der Waals surface area contributed by atoms with E-state index in [0.717, 1.165) is 17.2 Å². The fourth-order valence-corrected chi connectivity index (χ4v) is 3.75. The van der Waals surface area contributed by atoms with Gasteiger partial charge in [-0.05, 0) is 63.9 Å². The molecular weight excluding hydrogens is 260 g/mol. The second-order valence-corrected chi connectivity index (χ2v) is 6.71. The number of hydrogen-bond donors (Lipinski definition) is 0. The number of imidazole rings is 1. The molecule has 3 heterocycles. The number of hydrogen-bond acceptors (Lipinski definition) is 3. The van der Waals surface area contributed by atoms with Crippen LogP contribution in [0.4, 0.5) is 0 Å². The molecule has 1 spiro atoms. The third kappa shape index (κ3) is 2.18. The van der Waals surface area contributed by atoms with Crippen LogP contribution in [0.1, 0.15) is 31.0 Å². The van der Waals surface area contributed by atoms with Crippen LogP contribution in [0.5, 0.6) is 0 Å². The van der Waals surface area contributed by atoms with Gasteiger partial charge in [0.25, 0.3) is 0 Å². The third-order valence-electron chi connectivity index (χ3n) is 5.25. The van der Waals surface area contributed by atoms with Gasteiger partial charge < -0.3 is 9.47 Å². The van der Waals surface area contributed by atoms with Gasteiger partial charge in [0.1, 0.15) is 5.69 Å². The number of piperidine rings is 1. The molecule has 1 saturated heterocycles. The van der Waals surface area contributed by atoms with E-state index < -0.39 is 0 Å². The van der Waals surface area contributed by atoms with Crippen molar-refractivity contribution in [2.75, 3.05) is 20.1 Å². The molecule has 2 aromatic rings. The molecule has 2 aromatic heterocycles. The summed E-state index contributed by atoms with van der Waals surface area (Å²) in [5, 5.41) is 0. The first-order valence-corrected chi connectivity index (χ1v) is 7.83. The molecule has 110 valence electrons. The first-order chi connectivity index (χ1) is 10.2. The van der Waals surface area contributed by atoms with E-state index in [1.165, 1.54) is 32.4 Å². The highest BCUT2D eigenvalue weighted by molar-refractivity contribution is 5.50. The molecule has 1 saturated carbocycles. The fourth-order valence-electron chi connectivity index (χ4n) is 3.75. The van der Waals surface area contributed by atoms with Crippen molar-refractivity contribution in [2.45, 2.75) is 32.2 Å². The first-order valence-electron chi connectivity index (χ1n) is 7.83. The van der Waals surface area contributed by atoms with Crippen molar-refractivity contribution < 1.29 is 0 Å². The van der Waals surface area contributed by atoms with Gasteiger partial charge in [-0.25, -0.2) is 9.97 Å². The molecule has 4 heteroatoms. The van der Waals surface area contributed by atoms with Crippen LogP contribution < -0.4 is 0 Å². The summed E-state index contributed by atoms with van der Waals surface area (Å²) in [5.74, 6) is 1.03. The predicted octanol–water partition coefficient (Wildman–Crippen LogP) is 2.91. The van der Waals surface area contributed by atoms with Gasteiger partial charge in [0.15, 0.2) is 5.82 Å². The molecule has 0 amide bonds. The van der Waals surface area contributed by atoms with E-state index in [-0.39, 0.29) is 0 Å². The van der Waals surface area contributed by atoms with Gasteiger partial charge in [-0.2, -0.15) is 0 Å². The molecule has 0 bridgehead atoms. The van der Waals surface area contributed by atoms with Gasteiger partial charge in [0, 0.05) is 24.1 Å². The van der Waals surface area contributed by atoms with Crippen molar-refractivity contribution in [3.63, 3.8) is 0 Å². The Hall–Kier alpha value is -1.68. The topological polar surface area (TPSA) is 34.0 Å². The minimum Gasteiger partial charge on any atom is -0.326 e. The molecule has 1 aliphatic heterocycles. The van der Waals surface area contributed by atoms with E-state index in [9.17, 15) is 0 Å². The fraction of sp³-hybridized carbons (Fsp3) is 0.529. The Morgan fingerprint density at radius 1 is 1.24 bits per heavy atom. The summed E-state index contributed by atoms with van der Waals surface area (Å²) in [7, 11) is 2.23. The predicted molar refractivity (Wildman–Crippen MR) is 83.0 cm³/mol. The molecule has 0 N–H and O–H groups in total. The summed E-state index contributed by atoms with van der Waals surface area (Å²) in [4.78, 5) is 11.7. The van der Waals surface area contributed by atoms with E-state index in [0.29, 0.717) is 11.5 Å². The SMILES string of the molecule is Cc1cccc(-c2nccn2C2CC23CCN(C)CC3)n1. The molecule has 2 fully saturated rings. The Kier molecular flexibility index (Phi) is 2.89. The largest absolute Gasteiger partial charge is 0.326 e. The summed E-state index contributed by atoms with van der Waals surface area (Å²) in [6, 6.07) is 6.78. The van der Waals surface area contributed by atoms with Crippen LogP contribution in [-0.2, 0) is 0 Å². The maximum atomic E-state index is 4.64. The number of nitrogens with zero attached hydrogens (tertiary/aromatic N) is 4. The zero-order chi connectivity index (χ0) is 14.4. The van der Waals surface area contributed by atoms with E-state index in [1.54, 1.807) is 0 Å². The average molecular weight is 282 g/mol. The van der Waals surface area contributed by atoms with Crippen LogP contribution in [0.3, 0.4) is 0 Å². The maximum absolute atomic E-state index is 4.64. The highest BCUT2D eigenvalue weighted by Gasteiger charge is 2.56. The lowest BCUT2D eigenvalue weighted by Gasteiger charge is -2.30. The Morgan fingerprint density at radius 2 is 2.05 bits per heavy atom. The quantitative estimate of drug-likeness (QED) is 0.849. The third-order valence-corrected chi connectivity index (χ3v) is 5.25. The number of pyridine rings is 1. The standard InChI is InChI=1S/C17H22N4/c1-13-4-3-5-14(19-13)16-18-8-11-21(16)15-12-17(15)6-9-20(2)10-7-17/h3-5,8,11,15H,6-7,9-10,12H2,1-2H3. The number of aryl methyl sites for hydroxylation is 1. The molecule has 21 heavy (non-hydrogen) atoms. The van der Waals surface area contributed by atoms with Crippen LogP contribution in [0.25, 0.3) is 11.5 Å². The molecule has 1 unspecified atom stereocenters. The Bertz CT molecular complexity index is 652. The van der Waals surface area contributed by atoms with E-state index in [2.05, 4.69) is 44.8 Å². The summed E-state index contributed by atoms with van der Waals surface area (Å²) in [6.45, 7) is 4.48. The number of likely N-dealkylation sites (tertiary alicyclic amines) is 1. The van der Waals surface area contributed by atoms with Crippen molar-refractivity contribution in [1.29, 1.82) is 0 Å². The van der Waals surface area contributed by atoms with Gasteiger partial charge in [0.05, 0.1) is 0 Å². The summed E-state index contributed by atoms with van der Waals surface area (Å²) in [6.07, 6.45) is 7.98. The monoisotopic (exact) mass is 282 g/mol. The summed E-state index contributed by atoms with van der Waals surface area (Å²) >= 11 is 0. The smallest absolute Gasteiger partial charge is 0.158 e. The zero-order valence-electron chi connectivity index (χ0n) is 12.8. The van der Waals surface area contributed by atoms with Crippen LogP contribution in [0.2, 0.25) is 0 Å². The molecule has 1 aliphatic carbocycles. The first kappa shape index (κ1) is 13.0. The van der Waals surface area contributed by atoms with Crippen molar-refractivity contribution in [3.05, 3.63) is 36.3 Å². The second-order valence-electron chi connectivity index (χ2n) is 6.71. The van der Waals surface area contributed by atoms with Crippen molar-refractivity contribution >= 4 is 0 Å². The van der Waals surface area contributed by atoms with Crippen LogP contribution in [0, 0.1) is 12.3 Å². The van der Waals surface area contributed by atoms with Gasteiger partial charge in [-0.15, -0.1) is 0 Å². The minimum absolute atomic E-state index is 0.520. The lowest BCUT2D eigenvalue weighted by Crippen LogP contribution is -2.32. The Balaban J connectivity index is 1.62. The van der Waals surface area contributed by atoms with Gasteiger partial charge in [-0.3, -0.25) is 0 Å². The molecule has 1 atom stereocenters. The zero-order valence-corrected chi connectivity index (χ0v) is 12.8. The molecule has 4 nitrogen and oxygen atoms in total. The number of rotatable bonds is 2. The van der Waals surface area contributed by atoms with Gasteiger partial charge in [-0.1, -0.05) is 6.07 Å². The summed E-state index contributed by atoms with van der Waals surface area (Å²) in [5.41, 5.74) is 2.56. The molecule has 0 radical (unpaired) electrons. The van der Waals surface area contributed by atoms with E-state index in [1.807, 2.05) is 19.2 Å². The van der Waals surface area contributed by atoms with Gasteiger partial charge >= 0.3 is 0 Å². The normalized spacial score (nSPS) is 24.4. The van der Waals surface area contributed by atoms with Crippen LogP contribution in [0.15, 0.2) is 30.6 Å². The van der Waals surface area contributed by atoms with Crippen molar-refractivity contribution in [3.8, 4) is 11.5 Å². The van der Waals surface area contributed by atoms with Crippen molar-refractivity contribution in [1.82, 2.24) is 19.4 Å². The van der Waals surface area contributed by atoms with E-state index >= 15 is 0 Å². The van der Waals surface area contributed by atoms with Crippen molar-refractivity contribution in [2.24, 2.45) is 5.41 Å². The minimum atomic E-state index is 0.520. The number of aromatic nitrogens is 3. The highest BCUT2D eigenvalue weighted by atomic mass is 15.2. The summed E-state index contributed by atoms with van der Waals surface area (Å²) < 4.78 is 2.37.